The molecule has 1 atom stereocenters. The normalized spacial score (nSPS) is 13.7. The summed E-state index contributed by atoms with van der Waals surface area (Å²) in [4.78, 5) is 30.6. The van der Waals surface area contributed by atoms with Crippen LogP contribution in [0.25, 0.3) is 0 Å². The summed E-state index contributed by atoms with van der Waals surface area (Å²) in [5.74, 6) is -0.576. The molecule has 1 aromatic heterocycles. The molecule has 2 heterocycles. The summed E-state index contributed by atoms with van der Waals surface area (Å²) in [6, 6.07) is 4.44. The quantitative estimate of drug-likeness (QED) is 0.428. The Morgan fingerprint density at radius 3 is 2.61 bits per heavy atom. The van der Waals surface area contributed by atoms with E-state index in [0.29, 0.717) is 17.9 Å². The molecule has 1 unspecified atom stereocenters. The zero-order chi connectivity index (χ0) is 24.3. The van der Waals surface area contributed by atoms with Crippen LogP contribution in [0, 0.1) is 11.7 Å². The number of carbonyl (C=O) groups excluding carboxylic acids is 2. The van der Waals surface area contributed by atoms with E-state index < -0.39 is 23.7 Å². The molecule has 0 spiro atoms. The molecule has 1 aliphatic rings. The number of fused-ring (bicyclic) bond motifs is 1. The van der Waals surface area contributed by atoms with Gasteiger partial charge in [-0.2, -0.15) is 0 Å². The van der Waals surface area contributed by atoms with E-state index in [1.165, 1.54) is 19.1 Å². The van der Waals surface area contributed by atoms with Crippen molar-refractivity contribution < 1.29 is 28.2 Å². The Balaban J connectivity index is 1.89. The van der Waals surface area contributed by atoms with Gasteiger partial charge in [-0.25, -0.2) is 14.2 Å². The molecule has 1 N–H and O–H groups in total. The number of carbonyl (C=O) groups is 2. The third kappa shape index (κ3) is 5.13. The molecule has 2 aromatic rings. The third-order valence-electron chi connectivity index (χ3n) is 5.40. The fourth-order valence-electron chi connectivity index (χ4n) is 3.77. The van der Waals surface area contributed by atoms with Crippen molar-refractivity contribution in [2.75, 3.05) is 26.6 Å². The molecular weight excluding hydrogens is 453 g/mol. The predicted octanol–water partition coefficient (Wildman–Crippen LogP) is 4.05. The molecule has 0 radical (unpaired) electrons. The molecule has 0 aliphatic carbocycles. The molecule has 0 fully saturated rings. The fraction of sp³-hybridized carbons (Fsp3) is 0.435. The summed E-state index contributed by atoms with van der Waals surface area (Å²) < 4.78 is 30.8. The molecule has 0 bridgehead atoms. The number of halogens is 2. The number of ether oxygens (including phenoxy) is 3. The molecule has 10 heteroatoms. The van der Waals surface area contributed by atoms with Crippen molar-refractivity contribution in [3.05, 3.63) is 45.9 Å². The van der Waals surface area contributed by atoms with Gasteiger partial charge in [-0.15, -0.1) is 0 Å². The zero-order valence-electron chi connectivity index (χ0n) is 19.2. The van der Waals surface area contributed by atoms with Crippen molar-refractivity contribution in [2.24, 2.45) is 5.92 Å². The fourth-order valence-corrected chi connectivity index (χ4v) is 4.05. The van der Waals surface area contributed by atoms with E-state index >= 15 is 4.39 Å². The number of hydrogen-bond donors (Lipinski definition) is 1. The van der Waals surface area contributed by atoms with E-state index in [0.717, 1.165) is 5.56 Å². The van der Waals surface area contributed by atoms with Crippen LogP contribution in [0.15, 0.2) is 18.2 Å². The van der Waals surface area contributed by atoms with E-state index in [1.807, 2.05) is 13.8 Å². The van der Waals surface area contributed by atoms with Gasteiger partial charge in [0.15, 0.2) is 11.6 Å². The first kappa shape index (κ1) is 24.6. The van der Waals surface area contributed by atoms with Crippen LogP contribution in [0.4, 0.5) is 10.2 Å². The highest BCUT2D eigenvalue weighted by atomic mass is 35.5. The molecule has 1 aliphatic heterocycles. The molecule has 1 amide bonds. The summed E-state index contributed by atoms with van der Waals surface area (Å²) in [5.41, 5.74) is 0.874. The van der Waals surface area contributed by atoms with Crippen molar-refractivity contribution in [3.8, 4) is 11.5 Å². The van der Waals surface area contributed by atoms with Gasteiger partial charge in [-0.05, 0) is 24.5 Å². The van der Waals surface area contributed by atoms with Crippen LogP contribution >= 0.6 is 11.6 Å². The minimum atomic E-state index is -0.803. The highest BCUT2D eigenvalue weighted by molar-refractivity contribution is 6.33. The minimum absolute atomic E-state index is 0.000819. The topological polar surface area (TPSA) is 90.0 Å². The average molecular weight is 480 g/mol. The number of anilines is 1. The molecule has 3 rings (SSSR count). The van der Waals surface area contributed by atoms with Gasteiger partial charge in [0.05, 0.1) is 33.4 Å². The van der Waals surface area contributed by atoms with Crippen LogP contribution < -0.4 is 14.8 Å². The van der Waals surface area contributed by atoms with E-state index in [-0.39, 0.29) is 41.1 Å². The van der Waals surface area contributed by atoms with Gasteiger partial charge < -0.3 is 24.4 Å². The summed E-state index contributed by atoms with van der Waals surface area (Å²) in [6.45, 7) is 4.04. The van der Waals surface area contributed by atoms with Crippen molar-refractivity contribution >= 4 is 29.3 Å². The van der Waals surface area contributed by atoms with Crippen molar-refractivity contribution in [1.82, 2.24) is 9.88 Å². The maximum absolute atomic E-state index is 15.4. The van der Waals surface area contributed by atoms with Gasteiger partial charge in [-0.1, -0.05) is 25.4 Å². The lowest BCUT2D eigenvalue weighted by Gasteiger charge is -2.20. The number of amides is 1. The standard InChI is InChI=1S/C23H27ClFN3O5/c1-12(2)8-16(23(30)33-5)26-21-19(25)15-11-28(22(29)18(15)20(24)27-21)10-13-6-7-14(31-3)9-17(13)32-4/h6-7,9,12,16H,8,10-11H2,1-5H3,(H,26,27). The number of rotatable bonds is 9. The number of nitrogens with one attached hydrogen (secondary N) is 1. The third-order valence-corrected chi connectivity index (χ3v) is 5.67. The summed E-state index contributed by atoms with van der Waals surface area (Å²) in [6.07, 6.45) is 0.408. The van der Waals surface area contributed by atoms with Crippen LogP contribution in [-0.4, -0.2) is 49.1 Å². The molecule has 33 heavy (non-hydrogen) atoms. The van der Waals surface area contributed by atoms with Crippen molar-refractivity contribution in [2.45, 2.75) is 39.4 Å². The van der Waals surface area contributed by atoms with Gasteiger partial charge in [0.25, 0.3) is 5.91 Å². The first-order valence-corrected chi connectivity index (χ1v) is 10.8. The lowest BCUT2D eigenvalue weighted by atomic mass is 10.0. The first-order valence-electron chi connectivity index (χ1n) is 10.4. The van der Waals surface area contributed by atoms with Crippen LogP contribution in [-0.2, 0) is 22.6 Å². The zero-order valence-corrected chi connectivity index (χ0v) is 20.0. The second-order valence-electron chi connectivity index (χ2n) is 8.11. The van der Waals surface area contributed by atoms with Crippen molar-refractivity contribution in [1.29, 1.82) is 0 Å². The number of esters is 1. The number of methoxy groups -OCH3 is 3. The Labute approximate surface area is 197 Å². The number of nitrogens with zero attached hydrogens (tertiary/aromatic N) is 2. The molecule has 8 nitrogen and oxygen atoms in total. The molecular formula is C23H27ClFN3O5. The second-order valence-corrected chi connectivity index (χ2v) is 8.47. The van der Waals surface area contributed by atoms with Crippen molar-refractivity contribution in [3.63, 3.8) is 0 Å². The summed E-state index contributed by atoms with van der Waals surface area (Å²) in [7, 11) is 4.33. The van der Waals surface area contributed by atoms with E-state index in [1.54, 1.807) is 25.3 Å². The SMILES string of the molecule is COC(=O)C(CC(C)C)Nc1nc(Cl)c2c(c1F)CN(Cc1ccc(OC)cc1OC)C2=O. The van der Waals surface area contributed by atoms with Gasteiger partial charge in [0.1, 0.15) is 22.7 Å². The predicted molar refractivity (Wildman–Crippen MR) is 121 cm³/mol. The second kappa shape index (κ2) is 10.2. The Morgan fingerprint density at radius 2 is 2.00 bits per heavy atom. The maximum atomic E-state index is 15.4. The number of pyridine rings is 1. The minimum Gasteiger partial charge on any atom is -0.497 e. The summed E-state index contributed by atoms with van der Waals surface area (Å²) >= 11 is 6.29. The van der Waals surface area contributed by atoms with Gasteiger partial charge in [0, 0.05) is 23.7 Å². The maximum Gasteiger partial charge on any atom is 0.328 e. The van der Waals surface area contributed by atoms with E-state index in [2.05, 4.69) is 10.3 Å². The van der Waals surface area contributed by atoms with Gasteiger partial charge in [-0.3, -0.25) is 4.79 Å². The molecule has 1 aromatic carbocycles. The van der Waals surface area contributed by atoms with Gasteiger partial charge in [0.2, 0.25) is 0 Å². The Hall–Kier alpha value is -3.07. The van der Waals surface area contributed by atoms with Crippen LogP contribution in [0.2, 0.25) is 5.15 Å². The number of benzene rings is 1. The molecule has 0 saturated carbocycles. The molecule has 0 saturated heterocycles. The Kier molecular flexibility index (Phi) is 7.63. The Morgan fingerprint density at radius 1 is 1.27 bits per heavy atom. The summed E-state index contributed by atoms with van der Waals surface area (Å²) in [5, 5.41) is 2.67. The number of hydrogen-bond acceptors (Lipinski definition) is 7. The van der Waals surface area contributed by atoms with Crippen LogP contribution in [0.3, 0.4) is 0 Å². The smallest absolute Gasteiger partial charge is 0.328 e. The molecule has 178 valence electrons. The largest absolute Gasteiger partial charge is 0.497 e. The highest BCUT2D eigenvalue weighted by Crippen LogP contribution is 2.36. The Bertz CT molecular complexity index is 1060. The van der Waals surface area contributed by atoms with Crippen LogP contribution in [0.5, 0.6) is 11.5 Å². The average Bonchev–Trinajstić information content (AvgIpc) is 3.12. The monoisotopic (exact) mass is 479 g/mol. The number of aromatic nitrogens is 1. The lowest BCUT2D eigenvalue weighted by Crippen LogP contribution is -2.33. The van der Waals surface area contributed by atoms with E-state index in [9.17, 15) is 9.59 Å². The van der Waals surface area contributed by atoms with Crippen LogP contribution in [0.1, 0.15) is 41.8 Å². The van der Waals surface area contributed by atoms with Gasteiger partial charge >= 0.3 is 5.97 Å². The lowest BCUT2D eigenvalue weighted by molar-refractivity contribution is -0.141. The van der Waals surface area contributed by atoms with E-state index in [4.69, 9.17) is 25.8 Å². The first-order chi connectivity index (χ1) is 15.7. The highest BCUT2D eigenvalue weighted by Gasteiger charge is 2.36.